The van der Waals surface area contributed by atoms with Gasteiger partial charge >= 0.3 is 0 Å². The molecule has 1 aromatic rings. The van der Waals surface area contributed by atoms with E-state index in [0.29, 0.717) is 6.29 Å². The molecule has 1 saturated carbocycles. The lowest BCUT2D eigenvalue weighted by Crippen LogP contribution is -2.36. The Hall–Kier alpha value is -1.91. The Kier molecular flexibility index (Phi) is 4.49. The Bertz CT molecular complexity index is 470. The number of halogens is 1. The first-order chi connectivity index (χ1) is 9.17. The Labute approximate surface area is 110 Å². The van der Waals surface area contributed by atoms with Crippen LogP contribution in [-0.4, -0.2) is 24.8 Å². The van der Waals surface area contributed by atoms with Gasteiger partial charge in [0.15, 0.2) is 6.61 Å². The first-order valence-electron chi connectivity index (χ1n) is 6.35. The van der Waals surface area contributed by atoms with Crippen molar-refractivity contribution in [3.63, 3.8) is 0 Å². The van der Waals surface area contributed by atoms with Gasteiger partial charge in [-0.25, -0.2) is 4.39 Å². The molecule has 5 heteroatoms. The summed E-state index contributed by atoms with van der Waals surface area (Å²) in [7, 11) is 0. The standard InChI is InChI=1S/C14H16FNO3/c15-11-5-10(8-17)6-13(7-11)19-9-14(18)16-12-3-1-2-4-12/h5-8,12H,1-4,9H2,(H,16,18). The Morgan fingerprint density at radius 1 is 1.37 bits per heavy atom. The predicted octanol–water partition coefficient (Wildman–Crippen LogP) is 2.08. The largest absolute Gasteiger partial charge is 0.484 e. The minimum atomic E-state index is -0.559. The second-order valence-corrected chi connectivity index (χ2v) is 4.68. The van der Waals surface area contributed by atoms with Gasteiger partial charge in [0.2, 0.25) is 0 Å². The molecule has 1 fully saturated rings. The monoisotopic (exact) mass is 265 g/mol. The SMILES string of the molecule is O=Cc1cc(F)cc(OCC(=O)NC2CCCC2)c1. The Morgan fingerprint density at radius 2 is 2.11 bits per heavy atom. The van der Waals surface area contributed by atoms with Gasteiger partial charge in [-0.3, -0.25) is 9.59 Å². The highest BCUT2D eigenvalue weighted by Gasteiger charge is 2.17. The van der Waals surface area contributed by atoms with Crippen molar-refractivity contribution in [2.45, 2.75) is 31.7 Å². The topological polar surface area (TPSA) is 55.4 Å². The molecular weight excluding hydrogens is 249 g/mol. The summed E-state index contributed by atoms with van der Waals surface area (Å²) in [6.07, 6.45) is 4.81. The molecule has 0 unspecified atom stereocenters. The molecule has 1 aliphatic rings. The van der Waals surface area contributed by atoms with Crippen LogP contribution in [0.2, 0.25) is 0 Å². The molecule has 0 atom stereocenters. The van der Waals surface area contributed by atoms with Crippen LogP contribution in [0.25, 0.3) is 0 Å². The average molecular weight is 265 g/mol. The minimum absolute atomic E-state index is 0.168. The lowest BCUT2D eigenvalue weighted by atomic mass is 10.2. The van der Waals surface area contributed by atoms with E-state index in [0.717, 1.165) is 37.8 Å². The Balaban J connectivity index is 1.85. The fourth-order valence-electron chi connectivity index (χ4n) is 2.22. The van der Waals surface area contributed by atoms with Gasteiger partial charge in [-0.15, -0.1) is 0 Å². The maximum absolute atomic E-state index is 13.1. The fraction of sp³-hybridized carbons (Fsp3) is 0.429. The van der Waals surface area contributed by atoms with Crippen molar-refractivity contribution in [3.05, 3.63) is 29.6 Å². The number of carbonyl (C=O) groups is 2. The van der Waals surface area contributed by atoms with E-state index >= 15 is 0 Å². The summed E-state index contributed by atoms with van der Waals surface area (Å²) in [5, 5.41) is 2.87. The van der Waals surface area contributed by atoms with Gasteiger partial charge in [0.25, 0.3) is 5.91 Å². The molecule has 0 aliphatic heterocycles. The molecule has 0 aromatic heterocycles. The van der Waals surface area contributed by atoms with Crippen molar-refractivity contribution in [2.75, 3.05) is 6.61 Å². The summed E-state index contributed by atoms with van der Waals surface area (Å²) in [4.78, 5) is 22.2. The number of amides is 1. The van der Waals surface area contributed by atoms with Gasteiger partial charge in [0.1, 0.15) is 17.9 Å². The smallest absolute Gasteiger partial charge is 0.258 e. The summed E-state index contributed by atoms with van der Waals surface area (Å²) >= 11 is 0. The maximum Gasteiger partial charge on any atom is 0.258 e. The van der Waals surface area contributed by atoms with Crippen molar-refractivity contribution in [3.8, 4) is 5.75 Å². The van der Waals surface area contributed by atoms with E-state index in [9.17, 15) is 14.0 Å². The highest BCUT2D eigenvalue weighted by Crippen LogP contribution is 2.18. The van der Waals surface area contributed by atoms with E-state index in [1.807, 2.05) is 0 Å². The van der Waals surface area contributed by atoms with Gasteiger partial charge in [-0.05, 0) is 25.0 Å². The molecule has 0 radical (unpaired) electrons. The number of carbonyl (C=O) groups excluding carboxylic acids is 2. The molecule has 102 valence electrons. The number of benzene rings is 1. The molecule has 19 heavy (non-hydrogen) atoms. The van der Waals surface area contributed by atoms with Crippen LogP contribution >= 0.6 is 0 Å². The third-order valence-corrected chi connectivity index (χ3v) is 3.12. The summed E-state index contributed by atoms with van der Waals surface area (Å²) in [5.41, 5.74) is 0.186. The number of nitrogens with one attached hydrogen (secondary N) is 1. The van der Waals surface area contributed by atoms with Gasteiger partial charge < -0.3 is 10.1 Å². The molecule has 2 rings (SSSR count). The van der Waals surface area contributed by atoms with Crippen LogP contribution in [0.15, 0.2) is 18.2 Å². The molecule has 1 aromatic carbocycles. The molecule has 1 aliphatic carbocycles. The molecular formula is C14H16FNO3. The second-order valence-electron chi connectivity index (χ2n) is 4.68. The highest BCUT2D eigenvalue weighted by molar-refractivity contribution is 5.78. The van der Waals surface area contributed by atoms with Crippen molar-refractivity contribution in [2.24, 2.45) is 0 Å². The number of ether oxygens (including phenoxy) is 1. The Morgan fingerprint density at radius 3 is 2.79 bits per heavy atom. The normalized spacial score (nSPS) is 15.2. The van der Waals surface area contributed by atoms with Gasteiger partial charge in [0.05, 0.1) is 0 Å². The van der Waals surface area contributed by atoms with Gasteiger partial charge in [0, 0.05) is 17.7 Å². The lowest BCUT2D eigenvalue weighted by molar-refractivity contribution is -0.123. The van der Waals surface area contributed by atoms with E-state index in [-0.39, 0.29) is 29.9 Å². The molecule has 4 nitrogen and oxygen atoms in total. The van der Waals surface area contributed by atoms with Crippen LogP contribution in [0.5, 0.6) is 5.75 Å². The molecule has 0 bridgehead atoms. The molecule has 0 spiro atoms. The van der Waals surface area contributed by atoms with Crippen LogP contribution in [0.1, 0.15) is 36.0 Å². The van der Waals surface area contributed by atoms with Crippen LogP contribution < -0.4 is 10.1 Å². The highest BCUT2D eigenvalue weighted by atomic mass is 19.1. The van der Waals surface area contributed by atoms with Crippen molar-refractivity contribution in [1.29, 1.82) is 0 Å². The quantitative estimate of drug-likeness (QED) is 0.829. The predicted molar refractivity (Wildman–Crippen MR) is 67.7 cm³/mol. The summed E-state index contributed by atoms with van der Waals surface area (Å²) in [6, 6.07) is 3.89. The summed E-state index contributed by atoms with van der Waals surface area (Å²) in [6.45, 7) is -0.168. The van der Waals surface area contributed by atoms with E-state index < -0.39 is 5.82 Å². The van der Waals surface area contributed by atoms with Crippen LogP contribution in [0.4, 0.5) is 4.39 Å². The second kappa shape index (κ2) is 6.31. The molecule has 1 N–H and O–H groups in total. The van der Waals surface area contributed by atoms with Crippen molar-refractivity contribution >= 4 is 12.2 Å². The van der Waals surface area contributed by atoms with Gasteiger partial charge in [-0.1, -0.05) is 12.8 Å². The van der Waals surface area contributed by atoms with E-state index in [1.54, 1.807) is 0 Å². The number of hydrogen-bond acceptors (Lipinski definition) is 3. The first kappa shape index (κ1) is 13.5. The maximum atomic E-state index is 13.1. The van der Waals surface area contributed by atoms with E-state index in [4.69, 9.17) is 4.74 Å². The molecule has 0 heterocycles. The van der Waals surface area contributed by atoms with Crippen molar-refractivity contribution in [1.82, 2.24) is 5.32 Å². The number of rotatable bonds is 5. The summed E-state index contributed by atoms with van der Waals surface area (Å²) in [5.74, 6) is -0.594. The van der Waals surface area contributed by atoms with Crippen LogP contribution in [0.3, 0.4) is 0 Å². The fourth-order valence-corrected chi connectivity index (χ4v) is 2.22. The third kappa shape index (κ3) is 4.05. The zero-order chi connectivity index (χ0) is 13.7. The summed E-state index contributed by atoms with van der Waals surface area (Å²) < 4.78 is 18.3. The lowest BCUT2D eigenvalue weighted by Gasteiger charge is -2.12. The van der Waals surface area contributed by atoms with E-state index in [1.165, 1.54) is 6.07 Å². The minimum Gasteiger partial charge on any atom is -0.484 e. The molecule has 0 saturated heterocycles. The molecule has 1 amide bonds. The zero-order valence-corrected chi connectivity index (χ0v) is 10.5. The number of hydrogen-bond donors (Lipinski definition) is 1. The first-order valence-corrected chi connectivity index (χ1v) is 6.35. The van der Waals surface area contributed by atoms with E-state index in [2.05, 4.69) is 5.32 Å². The third-order valence-electron chi connectivity index (χ3n) is 3.12. The average Bonchev–Trinajstić information content (AvgIpc) is 2.88. The zero-order valence-electron chi connectivity index (χ0n) is 10.5. The number of aldehydes is 1. The van der Waals surface area contributed by atoms with Gasteiger partial charge in [-0.2, -0.15) is 0 Å². The van der Waals surface area contributed by atoms with Crippen LogP contribution in [0, 0.1) is 5.82 Å². The van der Waals surface area contributed by atoms with Crippen molar-refractivity contribution < 1.29 is 18.7 Å². The van der Waals surface area contributed by atoms with Crippen LogP contribution in [-0.2, 0) is 4.79 Å².